The van der Waals surface area contributed by atoms with Crippen molar-refractivity contribution >= 4 is 39.0 Å². The molecule has 0 amide bonds. The molecular weight excluding hydrogens is 264 g/mol. The van der Waals surface area contributed by atoms with E-state index in [0.29, 0.717) is 0 Å². The van der Waals surface area contributed by atoms with Gasteiger partial charge in [-0.05, 0) is 24.3 Å². The highest BCUT2D eigenvalue weighted by Gasteiger charge is 2.05. The summed E-state index contributed by atoms with van der Waals surface area (Å²) in [4.78, 5) is 12.9. The van der Waals surface area contributed by atoms with Gasteiger partial charge in [0.2, 0.25) is 0 Å². The van der Waals surface area contributed by atoms with Crippen molar-refractivity contribution in [2.75, 3.05) is 5.73 Å². The Hall–Kier alpha value is -1.66. The second-order valence-electron chi connectivity index (χ2n) is 3.66. The van der Waals surface area contributed by atoms with Gasteiger partial charge in [-0.25, -0.2) is 15.0 Å². The summed E-state index contributed by atoms with van der Waals surface area (Å²) in [5.41, 5.74) is 7.51. The lowest BCUT2D eigenvalue weighted by molar-refractivity contribution is 1.03. The molecular formula is C12H10N4S2. The predicted molar refractivity (Wildman–Crippen MR) is 75.6 cm³/mol. The van der Waals surface area contributed by atoms with Crippen molar-refractivity contribution in [2.45, 2.75) is 10.1 Å². The van der Waals surface area contributed by atoms with Crippen molar-refractivity contribution in [1.29, 1.82) is 0 Å². The zero-order chi connectivity index (χ0) is 12.4. The van der Waals surface area contributed by atoms with E-state index in [0.717, 1.165) is 31.8 Å². The molecule has 3 rings (SSSR count). The molecule has 0 spiro atoms. The summed E-state index contributed by atoms with van der Waals surface area (Å²) in [7, 11) is 0. The fourth-order valence-corrected chi connectivity index (χ4v) is 3.50. The van der Waals surface area contributed by atoms with Crippen LogP contribution in [0.5, 0.6) is 0 Å². The third-order valence-electron chi connectivity index (χ3n) is 2.34. The third-order valence-corrected chi connectivity index (χ3v) is 4.49. The standard InChI is InChI=1S/C12H10N4S2/c13-8-2-3-9-10(6-8)18-12(16-9)17-7-11-14-4-1-5-15-11/h1-6H,7,13H2. The Morgan fingerprint density at radius 3 is 2.89 bits per heavy atom. The van der Waals surface area contributed by atoms with E-state index in [-0.39, 0.29) is 0 Å². The van der Waals surface area contributed by atoms with Gasteiger partial charge in [-0.1, -0.05) is 11.8 Å². The first kappa shape index (κ1) is 11.4. The number of nitrogens with two attached hydrogens (primary N) is 1. The molecule has 0 aliphatic carbocycles. The molecule has 0 fully saturated rings. The average Bonchev–Trinajstić information content (AvgIpc) is 2.79. The maximum atomic E-state index is 5.75. The van der Waals surface area contributed by atoms with Gasteiger partial charge in [0.05, 0.1) is 16.0 Å². The van der Waals surface area contributed by atoms with E-state index >= 15 is 0 Å². The Morgan fingerprint density at radius 2 is 2.06 bits per heavy atom. The highest BCUT2D eigenvalue weighted by Crippen LogP contribution is 2.31. The summed E-state index contributed by atoms with van der Waals surface area (Å²) in [6.45, 7) is 0. The second kappa shape index (κ2) is 4.91. The van der Waals surface area contributed by atoms with Crippen LogP contribution in [0.3, 0.4) is 0 Å². The number of nitrogens with zero attached hydrogens (tertiary/aromatic N) is 3. The number of hydrogen-bond donors (Lipinski definition) is 1. The van der Waals surface area contributed by atoms with Crippen LogP contribution in [-0.4, -0.2) is 15.0 Å². The highest BCUT2D eigenvalue weighted by atomic mass is 32.2. The quantitative estimate of drug-likeness (QED) is 0.587. The van der Waals surface area contributed by atoms with E-state index in [4.69, 9.17) is 5.73 Å². The molecule has 0 saturated carbocycles. The SMILES string of the molecule is Nc1ccc2nc(SCc3ncccn3)sc2c1. The van der Waals surface area contributed by atoms with Crippen LogP contribution in [0.4, 0.5) is 5.69 Å². The molecule has 0 saturated heterocycles. The summed E-state index contributed by atoms with van der Waals surface area (Å²) in [6, 6.07) is 7.59. The van der Waals surface area contributed by atoms with E-state index in [2.05, 4.69) is 15.0 Å². The minimum atomic E-state index is 0.732. The largest absolute Gasteiger partial charge is 0.399 e. The Bertz CT molecular complexity index is 666. The van der Waals surface area contributed by atoms with Crippen LogP contribution in [0.2, 0.25) is 0 Å². The first-order chi connectivity index (χ1) is 8.81. The second-order valence-corrected chi connectivity index (χ2v) is 5.91. The maximum Gasteiger partial charge on any atom is 0.151 e. The van der Waals surface area contributed by atoms with Crippen molar-refractivity contribution in [3.63, 3.8) is 0 Å². The third kappa shape index (κ3) is 2.44. The van der Waals surface area contributed by atoms with Crippen LogP contribution in [0.15, 0.2) is 41.0 Å². The topological polar surface area (TPSA) is 64.7 Å². The number of rotatable bonds is 3. The Labute approximate surface area is 112 Å². The lowest BCUT2D eigenvalue weighted by Crippen LogP contribution is -1.89. The maximum absolute atomic E-state index is 5.75. The number of fused-ring (bicyclic) bond motifs is 1. The van der Waals surface area contributed by atoms with Crippen molar-refractivity contribution in [3.05, 3.63) is 42.5 Å². The number of benzene rings is 1. The summed E-state index contributed by atoms with van der Waals surface area (Å²) < 4.78 is 2.13. The monoisotopic (exact) mass is 274 g/mol. The summed E-state index contributed by atoms with van der Waals surface area (Å²) in [5, 5.41) is 0. The summed E-state index contributed by atoms with van der Waals surface area (Å²) in [5.74, 6) is 1.55. The molecule has 0 bridgehead atoms. The minimum absolute atomic E-state index is 0.732. The lowest BCUT2D eigenvalue weighted by atomic mass is 10.3. The van der Waals surface area contributed by atoms with Gasteiger partial charge < -0.3 is 5.73 Å². The summed E-state index contributed by atoms with van der Waals surface area (Å²) >= 11 is 3.29. The summed E-state index contributed by atoms with van der Waals surface area (Å²) in [6.07, 6.45) is 3.50. The van der Waals surface area contributed by atoms with E-state index < -0.39 is 0 Å². The molecule has 6 heteroatoms. The van der Waals surface area contributed by atoms with Crippen molar-refractivity contribution in [1.82, 2.24) is 15.0 Å². The number of anilines is 1. The van der Waals surface area contributed by atoms with E-state index in [1.807, 2.05) is 24.3 Å². The molecule has 2 heterocycles. The first-order valence-electron chi connectivity index (χ1n) is 5.36. The molecule has 0 aliphatic rings. The van der Waals surface area contributed by atoms with Crippen LogP contribution in [0, 0.1) is 0 Å². The van der Waals surface area contributed by atoms with Crippen molar-refractivity contribution < 1.29 is 0 Å². The van der Waals surface area contributed by atoms with Crippen LogP contribution >= 0.6 is 23.1 Å². The smallest absolute Gasteiger partial charge is 0.151 e. The lowest BCUT2D eigenvalue weighted by Gasteiger charge is -1.95. The fourth-order valence-electron chi connectivity index (χ4n) is 1.51. The molecule has 90 valence electrons. The van der Waals surface area contributed by atoms with Crippen LogP contribution in [-0.2, 0) is 5.75 Å². The molecule has 0 atom stereocenters. The Balaban J connectivity index is 1.79. The van der Waals surface area contributed by atoms with Gasteiger partial charge in [0.25, 0.3) is 0 Å². The number of thiazole rings is 1. The molecule has 4 nitrogen and oxygen atoms in total. The van der Waals surface area contributed by atoms with Gasteiger partial charge in [0.15, 0.2) is 4.34 Å². The molecule has 2 N–H and O–H groups in total. The van der Waals surface area contributed by atoms with Crippen LogP contribution in [0.1, 0.15) is 5.82 Å². The molecule has 1 aromatic carbocycles. The van der Waals surface area contributed by atoms with E-state index in [9.17, 15) is 0 Å². The number of thioether (sulfide) groups is 1. The molecule has 18 heavy (non-hydrogen) atoms. The van der Waals surface area contributed by atoms with Gasteiger partial charge in [-0.15, -0.1) is 11.3 Å². The normalized spacial score (nSPS) is 10.9. The van der Waals surface area contributed by atoms with E-state index in [1.54, 1.807) is 35.5 Å². The molecule has 0 aliphatic heterocycles. The number of aromatic nitrogens is 3. The zero-order valence-electron chi connectivity index (χ0n) is 9.41. The zero-order valence-corrected chi connectivity index (χ0v) is 11.0. The van der Waals surface area contributed by atoms with Gasteiger partial charge in [-0.2, -0.15) is 0 Å². The Kier molecular flexibility index (Phi) is 3.12. The molecule has 3 aromatic rings. The van der Waals surface area contributed by atoms with Gasteiger partial charge in [-0.3, -0.25) is 0 Å². The predicted octanol–water partition coefficient (Wildman–Crippen LogP) is 2.96. The van der Waals surface area contributed by atoms with Crippen molar-refractivity contribution in [2.24, 2.45) is 0 Å². The van der Waals surface area contributed by atoms with Gasteiger partial charge >= 0.3 is 0 Å². The molecule has 0 unspecified atom stereocenters. The average molecular weight is 274 g/mol. The van der Waals surface area contributed by atoms with Gasteiger partial charge in [0, 0.05) is 18.1 Å². The highest BCUT2D eigenvalue weighted by molar-refractivity contribution is 8.00. The fraction of sp³-hybridized carbons (Fsp3) is 0.0833. The minimum Gasteiger partial charge on any atom is -0.399 e. The van der Waals surface area contributed by atoms with Crippen LogP contribution < -0.4 is 5.73 Å². The van der Waals surface area contributed by atoms with Crippen molar-refractivity contribution in [3.8, 4) is 0 Å². The number of hydrogen-bond acceptors (Lipinski definition) is 6. The van der Waals surface area contributed by atoms with Crippen LogP contribution in [0.25, 0.3) is 10.2 Å². The number of nitrogen functional groups attached to an aromatic ring is 1. The molecule has 2 aromatic heterocycles. The van der Waals surface area contributed by atoms with E-state index in [1.165, 1.54) is 0 Å². The Morgan fingerprint density at radius 1 is 1.22 bits per heavy atom. The molecule has 0 radical (unpaired) electrons. The first-order valence-corrected chi connectivity index (χ1v) is 7.16. The van der Waals surface area contributed by atoms with Gasteiger partial charge in [0.1, 0.15) is 5.82 Å².